The second-order valence-electron chi connectivity index (χ2n) is 8.12. The molecule has 3 fully saturated rings. The number of carbonyl (C=O) groups is 2. The van der Waals surface area contributed by atoms with Crippen LogP contribution in [0.2, 0.25) is 0 Å². The van der Waals surface area contributed by atoms with Gasteiger partial charge in [-0.1, -0.05) is 24.3 Å². The van der Waals surface area contributed by atoms with E-state index in [0.29, 0.717) is 18.2 Å². The van der Waals surface area contributed by atoms with Crippen LogP contribution in [0.3, 0.4) is 0 Å². The van der Waals surface area contributed by atoms with Gasteiger partial charge in [-0.05, 0) is 37.3 Å². The molecule has 2 amide bonds. The first-order valence-corrected chi connectivity index (χ1v) is 11.5. The van der Waals surface area contributed by atoms with Crippen LogP contribution in [-0.2, 0) is 14.3 Å². The lowest BCUT2D eigenvalue weighted by Crippen LogP contribution is -2.42. The maximum Gasteiger partial charge on any atom is 0.228 e. The summed E-state index contributed by atoms with van der Waals surface area (Å²) in [6, 6.07) is 8.82. The molecule has 1 aromatic carbocycles. The molecular weight excluding hydrogens is 372 g/mol. The molecule has 5 nitrogen and oxygen atoms in total. The van der Waals surface area contributed by atoms with Crippen molar-refractivity contribution in [2.24, 2.45) is 5.92 Å². The number of carbonyl (C=O) groups excluding carboxylic acids is 2. The number of thioether (sulfide) groups is 1. The van der Waals surface area contributed by atoms with Crippen molar-refractivity contribution in [3.63, 3.8) is 0 Å². The van der Waals surface area contributed by atoms with E-state index >= 15 is 0 Å². The number of aryl methyl sites for hydroxylation is 1. The second kappa shape index (κ2) is 8.87. The van der Waals surface area contributed by atoms with Gasteiger partial charge in [0.1, 0.15) is 0 Å². The zero-order valence-electron chi connectivity index (χ0n) is 16.6. The summed E-state index contributed by atoms with van der Waals surface area (Å²) in [6.07, 6.45) is 3.14. The molecule has 4 rings (SSSR count). The van der Waals surface area contributed by atoms with E-state index < -0.39 is 0 Å². The number of hydrogen-bond acceptors (Lipinski definition) is 4. The average molecular weight is 403 g/mol. The van der Waals surface area contributed by atoms with Gasteiger partial charge in [-0.25, -0.2) is 0 Å². The molecule has 3 aliphatic heterocycles. The number of rotatable bonds is 3. The van der Waals surface area contributed by atoms with Crippen molar-refractivity contribution in [3.8, 4) is 0 Å². The van der Waals surface area contributed by atoms with Gasteiger partial charge in [0.2, 0.25) is 11.8 Å². The lowest BCUT2D eigenvalue weighted by molar-refractivity contribution is -0.135. The molecule has 6 heteroatoms. The van der Waals surface area contributed by atoms with Crippen molar-refractivity contribution in [2.75, 3.05) is 38.6 Å². The van der Waals surface area contributed by atoms with E-state index in [0.717, 1.165) is 51.3 Å². The normalized spacial score (nSPS) is 27.1. The van der Waals surface area contributed by atoms with Crippen LogP contribution < -0.4 is 0 Å². The van der Waals surface area contributed by atoms with Crippen LogP contribution in [0, 0.1) is 12.8 Å². The molecule has 3 saturated heterocycles. The Hall–Kier alpha value is -1.53. The van der Waals surface area contributed by atoms with Crippen LogP contribution in [0.5, 0.6) is 0 Å². The van der Waals surface area contributed by atoms with E-state index in [1.54, 1.807) is 0 Å². The van der Waals surface area contributed by atoms with Crippen LogP contribution in [0.4, 0.5) is 0 Å². The first-order chi connectivity index (χ1) is 13.6. The Kier molecular flexibility index (Phi) is 6.26. The van der Waals surface area contributed by atoms with E-state index in [-0.39, 0.29) is 23.8 Å². The number of ether oxygens (including phenoxy) is 1. The fraction of sp³-hybridized carbons (Fsp3) is 0.636. The number of likely N-dealkylation sites (tertiary alicyclic amines) is 1. The summed E-state index contributed by atoms with van der Waals surface area (Å²) in [6.45, 7) is 5.76. The molecular formula is C22H30N2O3S. The molecule has 0 aromatic heterocycles. The monoisotopic (exact) mass is 402 g/mol. The fourth-order valence-corrected chi connectivity index (χ4v) is 6.02. The first kappa shape index (κ1) is 19.8. The van der Waals surface area contributed by atoms with E-state index in [2.05, 4.69) is 31.2 Å². The predicted octanol–water partition coefficient (Wildman–Crippen LogP) is 3.03. The van der Waals surface area contributed by atoms with Crippen LogP contribution >= 0.6 is 11.8 Å². The third-order valence-electron chi connectivity index (χ3n) is 6.33. The first-order valence-electron chi connectivity index (χ1n) is 10.5. The molecule has 3 heterocycles. The molecule has 0 saturated carbocycles. The minimum absolute atomic E-state index is 0.146. The SMILES string of the molecule is Cc1ccccc1C1CCN(C(=O)C2CC(=O)N(C3CCOCC3)C2)CCS1. The molecule has 0 spiro atoms. The van der Waals surface area contributed by atoms with Crippen molar-refractivity contribution in [2.45, 2.75) is 43.9 Å². The van der Waals surface area contributed by atoms with E-state index in [4.69, 9.17) is 4.74 Å². The molecule has 0 aliphatic carbocycles. The quantitative estimate of drug-likeness (QED) is 0.780. The molecule has 0 N–H and O–H groups in total. The summed E-state index contributed by atoms with van der Waals surface area (Å²) in [5, 5.41) is 0.447. The molecule has 152 valence electrons. The van der Waals surface area contributed by atoms with Gasteiger partial charge in [0.05, 0.1) is 5.92 Å². The van der Waals surface area contributed by atoms with Gasteiger partial charge in [0, 0.05) is 56.3 Å². The van der Waals surface area contributed by atoms with Crippen molar-refractivity contribution in [1.82, 2.24) is 9.80 Å². The minimum atomic E-state index is -0.171. The molecule has 28 heavy (non-hydrogen) atoms. The molecule has 2 unspecified atom stereocenters. The van der Waals surface area contributed by atoms with Gasteiger partial charge < -0.3 is 14.5 Å². The number of benzene rings is 1. The lowest BCUT2D eigenvalue weighted by Gasteiger charge is -2.31. The highest BCUT2D eigenvalue weighted by atomic mass is 32.2. The summed E-state index contributed by atoms with van der Waals surface area (Å²) < 4.78 is 5.42. The fourth-order valence-electron chi connectivity index (χ4n) is 4.69. The lowest BCUT2D eigenvalue weighted by atomic mass is 10.0. The van der Waals surface area contributed by atoms with Crippen LogP contribution in [0.1, 0.15) is 42.1 Å². The van der Waals surface area contributed by atoms with Crippen molar-refractivity contribution in [1.29, 1.82) is 0 Å². The maximum absolute atomic E-state index is 13.2. The molecule has 0 bridgehead atoms. The Morgan fingerprint density at radius 2 is 1.93 bits per heavy atom. The summed E-state index contributed by atoms with van der Waals surface area (Å²) in [5.41, 5.74) is 2.72. The largest absolute Gasteiger partial charge is 0.381 e. The molecule has 3 aliphatic rings. The Morgan fingerprint density at radius 3 is 2.71 bits per heavy atom. The highest BCUT2D eigenvalue weighted by molar-refractivity contribution is 7.99. The number of nitrogens with zero attached hydrogens (tertiary/aromatic N) is 2. The standard InChI is InChI=1S/C22H30N2O3S/c1-16-4-2-3-5-19(16)20-6-9-23(10-13-28-20)22(26)17-14-21(25)24(15-17)18-7-11-27-12-8-18/h2-5,17-18,20H,6-15H2,1H3. The Labute approximate surface area is 171 Å². The van der Waals surface area contributed by atoms with E-state index in [1.165, 1.54) is 11.1 Å². The summed E-state index contributed by atoms with van der Waals surface area (Å²) in [4.78, 5) is 29.6. The molecule has 0 radical (unpaired) electrons. The van der Waals surface area contributed by atoms with Gasteiger partial charge >= 0.3 is 0 Å². The molecule has 2 atom stereocenters. The maximum atomic E-state index is 13.2. The van der Waals surface area contributed by atoms with Crippen molar-refractivity contribution in [3.05, 3.63) is 35.4 Å². The topological polar surface area (TPSA) is 49.9 Å². The Bertz CT molecular complexity index is 719. The van der Waals surface area contributed by atoms with Crippen molar-refractivity contribution >= 4 is 23.6 Å². The predicted molar refractivity (Wildman–Crippen MR) is 111 cm³/mol. The summed E-state index contributed by atoms with van der Waals surface area (Å²) in [7, 11) is 0. The van der Waals surface area contributed by atoms with Crippen LogP contribution in [0.25, 0.3) is 0 Å². The average Bonchev–Trinajstić information content (AvgIpc) is 2.95. The van der Waals surface area contributed by atoms with Gasteiger partial charge in [0.25, 0.3) is 0 Å². The Morgan fingerprint density at radius 1 is 1.14 bits per heavy atom. The van der Waals surface area contributed by atoms with Crippen LogP contribution in [-0.4, -0.2) is 66.3 Å². The van der Waals surface area contributed by atoms with Gasteiger partial charge in [0.15, 0.2) is 0 Å². The number of hydrogen-bond donors (Lipinski definition) is 0. The van der Waals surface area contributed by atoms with E-state index in [1.807, 2.05) is 21.6 Å². The number of amides is 2. The highest BCUT2D eigenvalue weighted by Gasteiger charge is 2.40. The summed E-state index contributed by atoms with van der Waals surface area (Å²) in [5.74, 6) is 1.10. The van der Waals surface area contributed by atoms with Gasteiger partial charge in [-0.3, -0.25) is 9.59 Å². The van der Waals surface area contributed by atoms with E-state index in [9.17, 15) is 9.59 Å². The Balaban J connectivity index is 1.36. The minimum Gasteiger partial charge on any atom is -0.381 e. The third-order valence-corrected chi connectivity index (χ3v) is 7.64. The molecule has 1 aromatic rings. The second-order valence-corrected chi connectivity index (χ2v) is 9.43. The zero-order valence-corrected chi connectivity index (χ0v) is 17.5. The highest BCUT2D eigenvalue weighted by Crippen LogP contribution is 2.36. The van der Waals surface area contributed by atoms with Gasteiger partial charge in [-0.15, -0.1) is 0 Å². The van der Waals surface area contributed by atoms with Gasteiger partial charge in [-0.2, -0.15) is 11.8 Å². The van der Waals surface area contributed by atoms with Crippen molar-refractivity contribution < 1.29 is 14.3 Å². The summed E-state index contributed by atoms with van der Waals surface area (Å²) >= 11 is 1.95. The van der Waals surface area contributed by atoms with Crippen LogP contribution in [0.15, 0.2) is 24.3 Å². The zero-order chi connectivity index (χ0) is 19.5. The smallest absolute Gasteiger partial charge is 0.228 e. The third kappa shape index (κ3) is 4.23.